The van der Waals surface area contributed by atoms with Crippen molar-refractivity contribution >= 4 is 23.7 Å². The molecule has 0 amide bonds. The second-order valence-corrected chi connectivity index (χ2v) is 4.80. The first-order chi connectivity index (χ1) is 10.8. The third-order valence-corrected chi connectivity index (χ3v) is 3.37. The van der Waals surface area contributed by atoms with Gasteiger partial charge in [0.1, 0.15) is 11.5 Å². The Balaban J connectivity index is 1.75. The Morgan fingerprint density at radius 2 is 2.05 bits per heavy atom. The van der Waals surface area contributed by atoms with Crippen LogP contribution in [0.1, 0.15) is 11.3 Å². The predicted octanol–water partition coefficient (Wildman–Crippen LogP) is 2.83. The summed E-state index contributed by atoms with van der Waals surface area (Å²) in [6, 6.07) is 7.49. The molecule has 0 atom stereocenters. The Bertz CT molecular complexity index is 896. The molecule has 6 nitrogen and oxygen atoms in total. The van der Waals surface area contributed by atoms with Crippen molar-refractivity contribution in [1.29, 1.82) is 0 Å². The highest BCUT2D eigenvalue weighted by atomic mass is 16.3. The number of hydrogen-bond acceptors (Lipinski definition) is 5. The number of nitrogens with one attached hydrogen (secondary N) is 1. The van der Waals surface area contributed by atoms with E-state index in [0.717, 1.165) is 16.7 Å². The molecule has 4 heterocycles. The fraction of sp³-hybridized carbons (Fsp3) is 0. The van der Waals surface area contributed by atoms with Crippen LogP contribution in [0.25, 0.3) is 23.0 Å². The summed E-state index contributed by atoms with van der Waals surface area (Å²) in [5.74, 6) is 1.19. The van der Waals surface area contributed by atoms with Crippen molar-refractivity contribution in [1.82, 2.24) is 19.9 Å². The van der Waals surface area contributed by atoms with Crippen molar-refractivity contribution in [2.24, 2.45) is 4.99 Å². The van der Waals surface area contributed by atoms with Gasteiger partial charge in [0.05, 0.1) is 0 Å². The summed E-state index contributed by atoms with van der Waals surface area (Å²) in [6.07, 6.45) is 8.60. The Labute approximate surface area is 126 Å². The molecule has 0 saturated carbocycles. The maximum absolute atomic E-state index is 10.0. The molecular formula is C16H11N5O. The Hall–Kier alpha value is -3.28. The molecule has 1 aliphatic rings. The quantitative estimate of drug-likeness (QED) is 0.759. The molecule has 0 aliphatic carbocycles. The van der Waals surface area contributed by atoms with Crippen LogP contribution in [0, 0.1) is 0 Å². The van der Waals surface area contributed by atoms with Crippen molar-refractivity contribution in [2.75, 3.05) is 0 Å². The standard InChI is InChI=1S/C16H11N5O/c22-16-13(20-14(21-16)10-3-1-5-17-8-10)7-11-9-19-15-12(11)4-2-6-18-15/h1-9,22H,(H,20,21). The van der Waals surface area contributed by atoms with Gasteiger partial charge in [0.2, 0.25) is 5.88 Å². The van der Waals surface area contributed by atoms with E-state index in [1.807, 2.05) is 24.3 Å². The number of H-pyrrole nitrogens is 1. The Morgan fingerprint density at radius 3 is 2.91 bits per heavy atom. The molecule has 6 heteroatoms. The second kappa shape index (κ2) is 4.92. The first kappa shape index (κ1) is 12.5. The van der Waals surface area contributed by atoms with E-state index in [4.69, 9.17) is 0 Å². The van der Waals surface area contributed by atoms with Gasteiger partial charge in [0, 0.05) is 41.5 Å². The van der Waals surface area contributed by atoms with Crippen LogP contribution in [-0.4, -0.2) is 31.3 Å². The fourth-order valence-electron chi connectivity index (χ4n) is 2.31. The lowest BCUT2D eigenvalue weighted by Gasteiger charge is -1.97. The number of nitrogens with zero attached hydrogens (tertiary/aromatic N) is 4. The highest BCUT2D eigenvalue weighted by Gasteiger charge is 2.15. The lowest BCUT2D eigenvalue weighted by atomic mass is 10.1. The average molecular weight is 289 g/mol. The van der Waals surface area contributed by atoms with E-state index in [-0.39, 0.29) is 5.88 Å². The minimum Gasteiger partial charge on any atom is -0.492 e. The van der Waals surface area contributed by atoms with Crippen molar-refractivity contribution in [3.63, 3.8) is 0 Å². The largest absolute Gasteiger partial charge is 0.492 e. The topological polar surface area (TPSA) is 87.0 Å². The van der Waals surface area contributed by atoms with Crippen LogP contribution in [0.2, 0.25) is 0 Å². The summed E-state index contributed by atoms with van der Waals surface area (Å²) < 4.78 is 0. The molecule has 1 aliphatic heterocycles. The van der Waals surface area contributed by atoms with Gasteiger partial charge in [0.15, 0.2) is 5.82 Å². The van der Waals surface area contributed by atoms with E-state index < -0.39 is 0 Å². The molecule has 0 aromatic carbocycles. The number of aromatic hydroxyl groups is 1. The monoisotopic (exact) mass is 289 g/mol. The summed E-state index contributed by atoms with van der Waals surface area (Å²) in [4.78, 5) is 19.7. The van der Waals surface area contributed by atoms with Gasteiger partial charge in [-0.05, 0) is 30.3 Å². The minimum atomic E-state index is -0.0582. The van der Waals surface area contributed by atoms with Gasteiger partial charge >= 0.3 is 0 Å². The van der Waals surface area contributed by atoms with E-state index in [1.54, 1.807) is 30.9 Å². The van der Waals surface area contributed by atoms with E-state index in [0.29, 0.717) is 17.3 Å². The van der Waals surface area contributed by atoms with Crippen LogP contribution >= 0.6 is 0 Å². The number of aliphatic imine (C=N–C) groups is 1. The van der Waals surface area contributed by atoms with Crippen LogP contribution < -0.4 is 0 Å². The van der Waals surface area contributed by atoms with Gasteiger partial charge in [-0.3, -0.25) is 4.98 Å². The lowest BCUT2D eigenvalue weighted by molar-refractivity contribution is 0.455. The van der Waals surface area contributed by atoms with Crippen LogP contribution in [0.5, 0.6) is 5.88 Å². The number of aromatic amines is 1. The second-order valence-electron chi connectivity index (χ2n) is 4.80. The lowest BCUT2D eigenvalue weighted by Crippen LogP contribution is -1.83. The highest BCUT2D eigenvalue weighted by molar-refractivity contribution is 6.20. The molecule has 106 valence electrons. The van der Waals surface area contributed by atoms with E-state index in [2.05, 4.69) is 24.9 Å². The van der Waals surface area contributed by atoms with Crippen LogP contribution in [0.3, 0.4) is 0 Å². The van der Waals surface area contributed by atoms with E-state index >= 15 is 0 Å². The molecule has 2 N–H and O–H groups in total. The van der Waals surface area contributed by atoms with Gasteiger partial charge in [-0.2, -0.15) is 4.98 Å². The zero-order valence-electron chi connectivity index (χ0n) is 11.4. The Kier molecular flexibility index (Phi) is 2.79. The number of pyridine rings is 2. The number of aromatic nitrogens is 4. The SMILES string of the molecule is Oc1nc(-c2cccnc2)[nH]c1C=C1C=Nc2ncccc21. The zero-order valence-corrected chi connectivity index (χ0v) is 11.4. The van der Waals surface area contributed by atoms with E-state index in [1.165, 1.54) is 0 Å². The van der Waals surface area contributed by atoms with Gasteiger partial charge < -0.3 is 10.1 Å². The van der Waals surface area contributed by atoms with Crippen LogP contribution in [0.4, 0.5) is 5.82 Å². The normalized spacial score (nSPS) is 14.5. The Morgan fingerprint density at radius 1 is 1.14 bits per heavy atom. The fourth-order valence-corrected chi connectivity index (χ4v) is 2.31. The number of rotatable bonds is 2. The minimum absolute atomic E-state index is 0.0582. The van der Waals surface area contributed by atoms with Crippen molar-refractivity contribution in [3.8, 4) is 17.3 Å². The zero-order chi connectivity index (χ0) is 14.9. The molecule has 3 aromatic heterocycles. The summed E-state index contributed by atoms with van der Waals surface area (Å²) >= 11 is 0. The summed E-state index contributed by atoms with van der Waals surface area (Å²) in [5, 5.41) is 10.0. The molecule has 3 aromatic rings. The third-order valence-electron chi connectivity index (χ3n) is 3.37. The van der Waals surface area contributed by atoms with Crippen LogP contribution in [0.15, 0.2) is 47.8 Å². The van der Waals surface area contributed by atoms with Crippen molar-refractivity contribution in [2.45, 2.75) is 0 Å². The van der Waals surface area contributed by atoms with E-state index in [9.17, 15) is 5.11 Å². The first-order valence-corrected chi connectivity index (χ1v) is 6.72. The molecule has 0 radical (unpaired) electrons. The summed E-state index contributed by atoms with van der Waals surface area (Å²) in [6.45, 7) is 0. The predicted molar refractivity (Wildman–Crippen MR) is 83.7 cm³/mol. The number of imidazole rings is 1. The average Bonchev–Trinajstić information content (AvgIpc) is 3.13. The number of fused-ring (bicyclic) bond motifs is 1. The summed E-state index contributed by atoms with van der Waals surface area (Å²) in [5.41, 5.74) is 3.14. The number of hydrogen-bond donors (Lipinski definition) is 2. The van der Waals surface area contributed by atoms with Crippen LogP contribution in [-0.2, 0) is 0 Å². The highest BCUT2D eigenvalue weighted by Crippen LogP contribution is 2.32. The molecular weight excluding hydrogens is 278 g/mol. The van der Waals surface area contributed by atoms with Gasteiger partial charge in [-0.15, -0.1) is 0 Å². The maximum Gasteiger partial charge on any atom is 0.237 e. The molecule has 0 unspecified atom stereocenters. The number of allylic oxidation sites excluding steroid dienone is 1. The van der Waals surface area contributed by atoms with Crippen molar-refractivity contribution in [3.05, 3.63) is 54.1 Å². The molecule has 0 spiro atoms. The van der Waals surface area contributed by atoms with Gasteiger partial charge in [-0.1, -0.05) is 0 Å². The molecule has 4 rings (SSSR count). The van der Waals surface area contributed by atoms with Gasteiger partial charge in [0.25, 0.3) is 0 Å². The van der Waals surface area contributed by atoms with Crippen molar-refractivity contribution < 1.29 is 5.11 Å². The smallest absolute Gasteiger partial charge is 0.237 e. The summed E-state index contributed by atoms with van der Waals surface area (Å²) in [7, 11) is 0. The molecule has 0 fully saturated rings. The molecule has 0 saturated heterocycles. The molecule has 0 bridgehead atoms. The maximum atomic E-state index is 10.0. The first-order valence-electron chi connectivity index (χ1n) is 6.72. The van der Waals surface area contributed by atoms with Gasteiger partial charge in [-0.25, -0.2) is 9.98 Å². The molecule has 22 heavy (non-hydrogen) atoms. The third kappa shape index (κ3) is 2.07.